The Morgan fingerprint density at radius 3 is 2.87 bits per heavy atom. The maximum Gasteiger partial charge on any atom is 0.228 e. The number of hydrogen-bond donors (Lipinski definition) is 0. The minimum Gasteiger partial charge on any atom is -0.310 e. The molecule has 1 saturated heterocycles. The average Bonchev–Trinajstić information content (AvgIpc) is 2.50. The van der Waals surface area contributed by atoms with Crippen molar-refractivity contribution in [3.63, 3.8) is 0 Å². The van der Waals surface area contributed by atoms with E-state index in [9.17, 15) is 4.79 Å². The number of hydrogen-bond acceptors (Lipinski definition) is 1. The van der Waals surface area contributed by atoms with Crippen LogP contribution in [0, 0.1) is 10.5 Å². The first-order valence-corrected chi connectivity index (χ1v) is 6.78. The molecule has 1 fully saturated rings. The largest absolute Gasteiger partial charge is 0.310 e. The molecule has 1 atom stereocenters. The number of carbonyl (C=O) groups is 1. The van der Waals surface area contributed by atoms with Crippen molar-refractivity contribution >= 4 is 50.1 Å². The number of carbonyl (C=O) groups excluding carboxylic acids is 1. The lowest BCUT2D eigenvalue weighted by atomic mass is 10.2. The van der Waals surface area contributed by atoms with Crippen LogP contribution in [0.3, 0.4) is 0 Å². The normalized spacial score (nSPS) is 21.1. The molecule has 1 unspecified atom stereocenters. The quantitative estimate of drug-likeness (QED) is 0.542. The zero-order valence-electron chi connectivity index (χ0n) is 8.34. The zero-order valence-corrected chi connectivity index (χ0v) is 12.1. The molecule has 1 aliphatic rings. The van der Waals surface area contributed by atoms with Gasteiger partial charge in [-0.25, -0.2) is 0 Å². The second-order valence-electron chi connectivity index (χ2n) is 3.76. The highest BCUT2D eigenvalue weighted by molar-refractivity contribution is 14.1. The van der Waals surface area contributed by atoms with Crippen LogP contribution in [0.2, 0.25) is 0 Å². The van der Waals surface area contributed by atoms with E-state index in [1.54, 1.807) is 0 Å². The molecule has 1 amide bonds. The third-order valence-corrected chi connectivity index (χ3v) is 4.00. The van der Waals surface area contributed by atoms with Gasteiger partial charge in [0.05, 0.1) is 5.69 Å². The maximum absolute atomic E-state index is 11.7. The van der Waals surface area contributed by atoms with E-state index in [4.69, 9.17) is 0 Å². The summed E-state index contributed by atoms with van der Waals surface area (Å²) in [5.74, 6) is 0.209. The SMILES string of the molecule is Cc1ccc(I)c(N2CC(Br)CC2=O)c1. The monoisotopic (exact) mass is 379 g/mol. The van der Waals surface area contributed by atoms with Crippen LogP contribution in [0.15, 0.2) is 18.2 Å². The first-order chi connectivity index (χ1) is 7.08. The van der Waals surface area contributed by atoms with Crippen LogP contribution in [0.5, 0.6) is 0 Å². The van der Waals surface area contributed by atoms with Crippen molar-refractivity contribution in [1.82, 2.24) is 0 Å². The second kappa shape index (κ2) is 4.41. The molecule has 15 heavy (non-hydrogen) atoms. The van der Waals surface area contributed by atoms with Gasteiger partial charge in [0.1, 0.15) is 0 Å². The first-order valence-electron chi connectivity index (χ1n) is 4.78. The summed E-state index contributed by atoms with van der Waals surface area (Å²) in [4.78, 5) is 13.9. The Morgan fingerprint density at radius 1 is 1.53 bits per heavy atom. The van der Waals surface area contributed by atoms with Crippen LogP contribution in [0.4, 0.5) is 5.69 Å². The van der Waals surface area contributed by atoms with Crippen LogP contribution in [-0.2, 0) is 4.79 Å². The third kappa shape index (κ3) is 2.36. The van der Waals surface area contributed by atoms with Gasteiger partial charge in [-0.15, -0.1) is 0 Å². The minimum atomic E-state index is 0.209. The fourth-order valence-corrected chi connectivity index (χ4v) is 2.92. The van der Waals surface area contributed by atoms with Gasteiger partial charge in [-0.1, -0.05) is 22.0 Å². The number of alkyl halides is 1. The van der Waals surface area contributed by atoms with Crippen molar-refractivity contribution in [1.29, 1.82) is 0 Å². The van der Waals surface area contributed by atoms with Crippen LogP contribution in [-0.4, -0.2) is 17.3 Å². The number of rotatable bonds is 1. The lowest BCUT2D eigenvalue weighted by molar-refractivity contribution is -0.117. The molecule has 0 N–H and O–H groups in total. The Bertz CT molecular complexity index is 408. The Morgan fingerprint density at radius 2 is 2.27 bits per heavy atom. The van der Waals surface area contributed by atoms with Crippen molar-refractivity contribution in [2.45, 2.75) is 18.2 Å². The predicted octanol–water partition coefficient (Wildman–Crippen LogP) is 3.10. The van der Waals surface area contributed by atoms with Gasteiger partial charge in [0.25, 0.3) is 0 Å². The predicted molar refractivity (Wildman–Crippen MR) is 73.6 cm³/mol. The molecule has 0 spiro atoms. The Balaban J connectivity index is 2.37. The summed E-state index contributed by atoms with van der Waals surface area (Å²) in [5, 5.41) is 0. The molecule has 1 aliphatic heterocycles. The summed E-state index contributed by atoms with van der Waals surface area (Å²) in [5.41, 5.74) is 2.23. The number of aryl methyl sites for hydroxylation is 1. The van der Waals surface area contributed by atoms with Gasteiger partial charge < -0.3 is 4.90 Å². The first kappa shape index (κ1) is 11.4. The highest BCUT2D eigenvalue weighted by Crippen LogP contribution is 2.29. The number of amides is 1. The molecule has 0 aliphatic carbocycles. The van der Waals surface area contributed by atoms with Gasteiger partial charge in [-0.05, 0) is 47.2 Å². The van der Waals surface area contributed by atoms with Gasteiger partial charge in [-0.3, -0.25) is 4.79 Å². The van der Waals surface area contributed by atoms with Crippen LogP contribution in [0.25, 0.3) is 0 Å². The molecular formula is C11H11BrINO. The summed E-state index contributed by atoms with van der Waals surface area (Å²) in [6.07, 6.45) is 0.601. The number of benzene rings is 1. The van der Waals surface area contributed by atoms with Crippen molar-refractivity contribution in [2.75, 3.05) is 11.4 Å². The number of nitrogens with zero attached hydrogens (tertiary/aromatic N) is 1. The standard InChI is InChI=1S/C11H11BrINO/c1-7-2-3-9(13)10(4-7)14-6-8(12)5-11(14)15/h2-4,8H,5-6H2,1H3. The Kier molecular flexibility index (Phi) is 3.35. The van der Waals surface area contributed by atoms with Crippen molar-refractivity contribution in [2.24, 2.45) is 0 Å². The zero-order chi connectivity index (χ0) is 11.0. The Labute approximate surface area is 111 Å². The van der Waals surface area contributed by atoms with Crippen LogP contribution in [0.1, 0.15) is 12.0 Å². The third-order valence-electron chi connectivity index (χ3n) is 2.47. The second-order valence-corrected chi connectivity index (χ2v) is 6.22. The minimum absolute atomic E-state index is 0.209. The molecule has 0 saturated carbocycles. The van der Waals surface area contributed by atoms with Gasteiger partial charge in [0, 0.05) is 21.4 Å². The highest BCUT2D eigenvalue weighted by atomic mass is 127. The molecule has 1 aromatic carbocycles. The van der Waals surface area contributed by atoms with E-state index >= 15 is 0 Å². The molecule has 2 rings (SSSR count). The van der Waals surface area contributed by atoms with Gasteiger partial charge in [0.2, 0.25) is 5.91 Å². The van der Waals surface area contributed by atoms with Gasteiger partial charge >= 0.3 is 0 Å². The molecule has 2 nitrogen and oxygen atoms in total. The van der Waals surface area contributed by atoms with E-state index in [0.717, 1.165) is 15.8 Å². The molecule has 0 radical (unpaired) electrons. The summed E-state index contributed by atoms with van der Waals surface area (Å²) < 4.78 is 1.13. The molecule has 0 bridgehead atoms. The topological polar surface area (TPSA) is 20.3 Å². The van der Waals surface area contributed by atoms with E-state index < -0.39 is 0 Å². The fourth-order valence-electron chi connectivity index (χ4n) is 1.73. The van der Waals surface area contributed by atoms with Crippen LogP contribution >= 0.6 is 38.5 Å². The average molecular weight is 380 g/mol. The molecule has 4 heteroatoms. The van der Waals surface area contributed by atoms with Gasteiger partial charge in [-0.2, -0.15) is 0 Å². The fraction of sp³-hybridized carbons (Fsp3) is 0.364. The van der Waals surface area contributed by atoms with Crippen molar-refractivity contribution < 1.29 is 4.79 Å². The summed E-state index contributed by atoms with van der Waals surface area (Å²) in [7, 11) is 0. The summed E-state index contributed by atoms with van der Waals surface area (Å²) >= 11 is 5.77. The van der Waals surface area contributed by atoms with E-state index in [0.29, 0.717) is 11.2 Å². The maximum atomic E-state index is 11.7. The van der Waals surface area contributed by atoms with E-state index in [2.05, 4.69) is 56.7 Å². The van der Waals surface area contributed by atoms with E-state index in [1.165, 1.54) is 5.56 Å². The molecule has 80 valence electrons. The number of halogens is 2. The lowest BCUT2D eigenvalue weighted by Crippen LogP contribution is -2.25. The molecule has 0 aromatic heterocycles. The number of anilines is 1. The van der Waals surface area contributed by atoms with Crippen LogP contribution < -0.4 is 4.90 Å². The van der Waals surface area contributed by atoms with Crippen molar-refractivity contribution in [3.8, 4) is 0 Å². The Hall–Kier alpha value is -0.100. The van der Waals surface area contributed by atoms with Gasteiger partial charge in [0.15, 0.2) is 0 Å². The highest BCUT2D eigenvalue weighted by Gasteiger charge is 2.29. The van der Waals surface area contributed by atoms with E-state index in [-0.39, 0.29) is 5.91 Å². The summed E-state index contributed by atoms with van der Waals surface area (Å²) in [6.45, 7) is 2.82. The van der Waals surface area contributed by atoms with E-state index in [1.807, 2.05) is 11.8 Å². The smallest absolute Gasteiger partial charge is 0.228 e. The summed E-state index contributed by atoms with van der Waals surface area (Å²) in [6, 6.07) is 6.20. The molecule has 1 aromatic rings. The molecule has 1 heterocycles. The van der Waals surface area contributed by atoms with Crippen molar-refractivity contribution in [3.05, 3.63) is 27.3 Å². The molecular weight excluding hydrogens is 369 g/mol. The lowest BCUT2D eigenvalue weighted by Gasteiger charge is -2.18.